The topological polar surface area (TPSA) is 91.6 Å². The van der Waals surface area contributed by atoms with Gasteiger partial charge in [0, 0.05) is 31.4 Å². The Hall–Kier alpha value is -3.18. The second-order valence-corrected chi connectivity index (χ2v) is 9.36. The van der Waals surface area contributed by atoms with Crippen LogP contribution >= 0.6 is 0 Å². The number of carbonyl (C=O) groups is 1. The number of methoxy groups -OCH3 is 1. The molecule has 0 spiro atoms. The summed E-state index contributed by atoms with van der Waals surface area (Å²) in [6.45, 7) is 3.62. The Balaban J connectivity index is 1.25. The lowest BCUT2D eigenvalue weighted by molar-refractivity contribution is -0.155. The maximum atomic E-state index is 13.2. The first-order valence-electron chi connectivity index (χ1n) is 11.6. The maximum absolute atomic E-state index is 13.2. The zero-order valence-corrected chi connectivity index (χ0v) is 19.1. The second-order valence-electron chi connectivity index (χ2n) is 9.36. The van der Waals surface area contributed by atoms with Crippen molar-refractivity contribution in [2.24, 2.45) is 5.92 Å². The zero-order valence-electron chi connectivity index (χ0n) is 19.1. The van der Waals surface area contributed by atoms with Gasteiger partial charge >= 0.3 is 0 Å². The molecule has 4 heterocycles. The van der Waals surface area contributed by atoms with Gasteiger partial charge in [0.1, 0.15) is 24.1 Å². The van der Waals surface area contributed by atoms with Crippen LogP contribution in [0, 0.1) is 17.2 Å². The molecule has 2 aliphatic heterocycles. The van der Waals surface area contributed by atoms with Gasteiger partial charge in [0.2, 0.25) is 11.8 Å². The molecule has 1 aliphatic carbocycles. The van der Waals surface area contributed by atoms with E-state index in [9.17, 15) is 4.79 Å². The molecule has 1 amide bonds. The van der Waals surface area contributed by atoms with Crippen molar-refractivity contribution >= 4 is 11.7 Å². The van der Waals surface area contributed by atoms with Crippen molar-refractivity contribution in [2.45, 2.75) is 50.3 Å². The second kappa shape index (κ2) is 8.64. The number of nitriles is 1. The average molecular weight is 448 g/mol. The fourth-order valence-electron chi connectivity index (χ4n) is 5.44. The van der Waals surface area contributed by atoms with Crippen LogP contribution in [0.1, 0.15) is 43.9 Å². The number of piperazine rings is 1. The number of fused-ring (bicyclic) bond motifs is 2. The first-order chi connectivity index (χ1) is 16.0. The Labute approximate surface area is 194 Å². The number of pyridine rings is 2. The molecule has 3 fully saturated rings. The lowest BCUT2D eigenvalue weighted by Gasteiger charge is -2.44. The van der Waals surface area contributed by atoms with Gasteiger partial charge in [0.25, 0.3) is 0 Å². The molecule has 2 saturated heterocycles. The van der Waals surface area contributed by atoms with Crippen LogP contribution in [-0.2, 0) is 15.1 Å². The molecule has 0 radical (unpaired) electrons. The maximum Gasteiger partial charge on any atom is 0.248 e. The lowest BCUT2D eigenvalue weighted by Crippen LogP contribution is -2.57. The minimum atomic E-state index is -0.495. The van der Waals surface area contributed by atoms with Crippen molar-refractivity contribution in [3.8, 4) is 11.9 Å². The van der Waals surface area contributed by atoms with E-state index < -0.39 is 5.60 Å². The predicted molar refractivity (Wildman–Crippen MR) is 122 cm³/mol. The minimum absolute atomic E-state index is 0.0284. The Morgan fingerprint density at radius 1 is 1.27 bits per heavy atom. The molecule has 8 nitrogen and oxygen atoms in total. The standard InChI is InChI=1S/C25H29N5O3/c1-17-11-19-14-29(15-20(17)30(19)22-8-7-18(12-26)13-27-22)24(31)16-33-25(9-4-10-25)21-5-3-6-23(28-21)32-2/h3,5-8,13,17,19-20H,4,9-11,14-16H2,1-2H3/t17-,19?,20?/m0/s1. The van der Waals surface area contributed by atoms with E-state index in [4.69, 9.17) is 14.7 Å². The molecular formula is C25H29N5O3. The van der Waals surface area contributed by atoms with Crippen molar-refractivity contribution < 1.29 is 14.3 Å². The number of amides is 1. The summed E-state index contributed by atoms with van der Waals surface area (Å²) in [6, 6.07) is 12.0. The predicted octanol–water partition coefficient (Wildman–Crippen LogP) is 2.88. The summed E-state index contributed by atoms with van der Waals surface area (Å²) in [4.78, 5) is 26.5. The monoisotopic (exact) mass is 447 g/mol. The fraction of sp³-hybridized carbons (Fsp3) is 0.520. The van der Waals surface area contributed by atoms with Crippen molar-refractivity contribution in [2.75, 3.05) is 31.7 Å². The summed E-state index contributed by atoms with van der Waals surface area (Å²) < 4.78 is 11.5. The molecule has 5 rings (SSSR count). The van der Waals surface area contributed by atoms with Crippen LogP contribution in [0.15, 0.2) is 36.5 Å². The van der Waals surface area contributed by atoms with Crippen molar-refractivity contribution in [1.82, 2.24) is 14.9 Å². The molecule has 2 aromatic heterocycles. The molecule has 0 aromatic carbocycles. The number of anilines is 1. The molecule has 8 heteroatoms. The van der Waals surface area contributed by atoms with Crippen LogP contribution in [0.4, 0.5) is 5.82 Å². The molecule has 3 aliphatic rings. The Kier molecular flexibility index (Phi) is 5.67. The normalized spacial score (nSPS) is 25.3. The SMILES string of the molecule is COc1cccc(C2(OCC(=O)N3CC4C[C@H](C)C(C3)N4c3ccc(C#N)cn3)CCC2)n1. The number of likely N-dealkylation sites (tertiary alicyclic amines) is 1. The third-order valence-electron chi connectivity index (χ3n) is 7.42. The van der Waals surface area contributed by atoms with Gasteiger partial charge in [0.05, 0.1) is 24.4 Å². The highest BCUT2D eigenvalue weighted by Crippen LogP contribution is 2.44. The van der Waals surface area contributed by atoms with Crippen LogP contribution in [0.3, 0.4) is 0 Å². The summed E-state index contributed by atoms with van der Waals surface area (Å²) in [5, 5.41) is 9.05. The van der Waals surface area contributed by atoms with E-state index in [0.29, 0.717) is 30.5 Å². The molecule has 2 unspecified atom stereocenters. The van der Waals surface area contributed by atoms with Gasteiger partial charge in [0.15, 0.2) is 0 Å². The molecule has 3 atom stereocenters. The summed E-state index contributed by atoms with van der Waals surface area (Å²) in [5.41, 5.74) is 0.900. The van der Waals surface area contributed by atoms with Gasteiger partial charge in [-0.15, -0.1) is 0 Å². The fourth-order valence-corrected chi connectivity index (χ4v) is 5.44. The average Bonchev–Trinajstić information content (AvgIpc) is 3.02. The molecule has 0 N–H and O–H groups in total. The van der Waals surface area contributed by atoms with E-state index in [2.05, 4.69) is 27.9 Å². The Morgan fingerprint density at radius 3 is 2.76 bits per heavy atom. The smallest absolute Gasteiger partial charge is 0.248 e. The van der Waals surface area contributed by atoms with Gasteiger partial charge in [-0.3, -0.25) is 4.79 Å². The summed E-state index contributed by atoms with van der Waals surface area (Å²) in [5.74, 6) is 1.94. The number of carbonyl (C=O) groups excluding carboxylic acids is 1. The molecule has 2 aromatic rings. The molecular weight excluding hydrogens is 418 g/mol. The largest absolute Gasteiger partial charge is 0.481 e. The highest BCUT2D eigenvalue weighted by atomic mass is 16.5. The summed E-state index contributed by atoms with van der Waals surface area (Å²) in [7, 11) is 1.60. The highest BCUT2D eigenvalue weighted by molar-refractivity contribution is 5.78. The van der Waals surface area contributed by atoms with Crippen LogP contribution < -0.4 is 9.64 Å². The number of rotatable bonds is 6. The van der Waals surface area contributed by atoms with E-state index in [1.165, 1.54) is 0 Å². The van der Waals surface area contributed by atoms with Gasteiger partial charge in [-0.2, -0.15) is 5.26 Å². The van der Waals surface area contributed by atoms with Crippen LogP contribution in [-0.4, -0.2) is 59.7 Å². The third-order valence-corrected chi connectivity index (χ3v) is 7.42. The number of hydrogen-bond acceptors (Lipinski definition) is 7. The van der Waals surface area contributed by atoms with Crippen LogP contribution in [0.5, 0.6) is 5.88 Å². The molecule has 1 saturated carbocycles. The highest BCUT2D eigenvalue weighted by Gasteiger charge is 2.47. The van der Waals surface area contributed by atoms with E-state index >= 15 is 0 Å². The number of hydrogen-bond donors (Lipinski definition) is 0. The van der Waals surface area contributed by atoms with Crippen molar-refractivity contribution in [3.63, 3.8) is 0 Å². The summed E-state index contributed by atoms with van der Waals surface area (Å²) in [6.07, 6.45) is 5.43. The van der Waals surface area contributed by atoms with Gasteiger partial charge in [-0.1, -0.05) is 13.0 Å². The van der Waals surface area contributed by atoms with Gasteiger partial charge < -0.3 is 19.3 Å². The zero-order chi connectivity index (χ0) is 23.0. The number of aromatic nitrogens is 2. The summed E-state index contributed by atoms with van der Waals surface area (Å²) >= 11 is 0. The van der Waals surface area contributed by atoms with Gasteiger partial charge in [-0.05, 0) is 49.8 Å². The van der Waals surface area contributed by atoms with E-state index in [1.807, 2.05) is 35.2 Å². The molecule has 33 heavy (non-hydrogen) atoms. The van der Waals surface area contributed by atoms with Crippen LogP contribution in [0.2, 0.25) is 0 Å². The first kappa shape index (κ1) is 21.7. The molecule has 2 bridgehead atoms. The van der Waals surface area contributed by atoms with E-state index in [-0.39, 0.29) is 24.6 Å². The third kappa shape index (κ3) is 3.91. The Bertz CT molecular complexity index is 1060. The van der Waals surface area contributed by atoms with Crippen molar-refractivity contribution in [3.05, 3.63) is 47.8 Å². The first-order valence-corrected chi connectivity index (χ1v) is 11.6. The van der Waals surface area contributed by atoms with Crippen molar-refractivity contribution in [1.29, 1.82) is 5.26 Å². The van der Waals surface area contributed by atoms with Crippen LogP contribution in [0.25, 0.3) is 0 Å². The quantitative estimate of drug-likeness (QED) is 0.672. The molecule has 172 valence electrons. The number of nitrogens with zero attached hydrogens (tertiary/aromatic N) is 5. The van der Waals surface area contributed by atoms with Gasteiger partial charge in [-0.25, -0.2) is 9.97 Å². The van der Waals surface area contributed by atoms with E-state index in [0.717, 1.165) is 37.2 Å². The number of ether oxygens (including phenoxy) is 2. The Morgan fingerprint density at radius 2 is 2.12 bits per heavy atom. The lowest BCUT2D eigenvalue weighted by atomic mass is 9.77. The van der Waals surface area contributed by atoms with E-state index in [1.54, 1.807) is 13.3 Å². The minimum Gasteiger partial charge on any atom is -0.481 e.